The number of amides is 1. The number of benzene rings is 2. The van der Waals surface area contributed by atoms with Gasteiger partial charge in [-0.25, -0.2) is 14.5 Å². The Kier molecular flexibility index (Phi) is 5.95. The maximum atomic E-state index is 14.6. The van der Waals surface area contributed by atoms with Crippen LogP contribution in [0, 0.1) is 5.82 Å². The average Bonchev–Trinajstić information content (AvgIpc) is 3.31. The smallest absolute Gasteiger partial charge is 0.287 e. The van der Waals surface area contributed by atoms with E-state index in [1.54, 1.807) is 18.3 Å². The molecular weight excluding hydrogens is 491 g/mol. The van der Waals surface area contributed by atoms with Crippen molar-refractivity contribution in [3.8, 4) is 11.3 Å². The lowest BCUT2D eigenvalue weighted by Gasteiger charge is -2.27. The molecular formula is C27H21FN6O2S. The second-order valence-corrected chi connectivity index (χ2v) is 9.83. The Bertz CT molecular complexity index is 1640. The van der Waals surface area contributed by atoms with Gasteiger partial charge in [-0.1, -0.05) is 24.3 Å². The van der Waals surface area contributed by atoms with E-state index < -0.39 is 17.3 Å². The number of hydrogen-bond donors (Lipinski definition) is 4. The van der Waals surface area contributed by atoms with E-state index in [9.17, 15) is 14.0 Å². The third kappa shape index (κ3) is 4.72. The van der Waals surface area contributed by atoms with Gasteiger partial charge in [-0.05, 0) is 53.4 Å². The van der Waals surface area contributed by atoms with Crippen LogP contribution in [0.2, 0.25) is 0 Å². The van der Waals surface area contributed by atoms with Crippen molar-refractivity contribution in [2.45, 2.75) is 5.92 Å². The predicted molar refractivity (Wildman–Crippen MR) is 143 cm³/mol. The van der Waals surface area contributed by atoms with Gasteiger partial charge >= 0.3 is 0 Å². The Morgan fingerprint density at radius 1 is 1.03 bits per heavy atom. The van der Waals surface area contributed by atoms with E-state index in [2.05, 4.69) is 31.1 Å². The SMILES string of the molecule is O=C(Nc1cc(-c2cc(Nc3ccc(C4CNC4)cn3)c(=O)[nH]n2)ccc1F)c1cc2ccccc2s1. The summed E-state index contributed by atoms with van der Waals surface area (Å²) in [5.74, 6) is 0.00627. The second-order valence-electron chi connectivity index (χ2n) is 8.75. The molecule has 1 amide bonds. The van der Waals surface area contributed by atoms with E-state index in [1.807, 2.05) is 36.4 Å². The number of anilines is 3. The van der Waals surface area contributed by atoms with E-state index in [0.717, 1.165) is 28.7 Å². The first-order chi connectivity index (χ1) is 18.0. The maximum Gasteiger partial charge on any atom is 0.287 e. The van der Waals surface area contributed by atoms with Crippen LogP contribution < -0.4 is 21.5 Å². The van der Waals surface area contributed by atoms with Gasteiger partial charge in [0.15, 0.2) is 0 Å². The summed E-state index contributed by atoms with van der Waals surface area (Å²) < 4.78 is 15.6. The van der Waals surface area contributed by atoms with Crippen LogP contribution in [0.5, 0.6) is 0 Å². The van der Waals surface area contributed by atoms with Crippen LogP contribution >= 0.6 is 11.3 Å². The Balaban J connectivity index is 1.23. The van der Waals surface area contributed by atoms with Crippen LogP contribution in [-0.2, 0) is 0 Å². The number of aromatic amines is 1. The lowest BCUT2D eigenvalue weighted by molar-refractivity contribution is 0.103. The zero-order valence-electron chi connectivity index (χ0n) is 19.4. The predicted octanol–water partition coefficient (Wildman–Crippen LogP) is 4.87. The number of nitrogens with zero attached hydrogens (tertiary/aromatic N) is 2. The molecule has 2 aromatic carbocycles. The summed E-state index contributed by atoms with van der Waals surface area (Å²) in [5.41, 5.74) is 1.91. The minimum absolute atomic E-state index is 0.0187. The first-order valence-corrected chi connectivity index (χ1v) is 12.5. The number of hydrogen-bond acceptors (Lipinski definition) is 7. The molecule has 1 fully saturated rings. The fourth-order valence-electron chi connectivity index (χ4n) is 4.09. The Morgan fingerprint density at radius 2 is 1.89 bits per heavy atom. The molecule has 0 bridgehead atoms. The third-order valence-electron chi connectivity index (χ3n) is 6.27. The fraction of sp³-hybridized carbons (Fsp3) is 0.111. The van der Waals surface area contributed by atoms with Crippen molar-refractivity contribution < 1.29 is 9.18 Å². The zero-order chi connectivity index (χ0) is 25.4. The van der Waals surface area contributed by atoms with E-state index in [4.69, 9.17) is 0 Å². The Morgan fingerprint density at radius 3 is 2.65 bits per heavy atom. The standard InChI is InChI=1S/C27H21FN6O2S/c28-19-7-5-15(9-21(19)32-27(36)24-10-16-3-1-2-4-23(16)37-24)20-11-22(26(35)34-33-20)31-25-8-6-17(14-30-25)18-12-29-13-18/h1-11,14,18,29H,12-13H2,(H,32,36)(H,34,35)(H,30,31,33). The topological polar surface area (TPSA) is 112 Å². The van der Waals surface area contributed by atoms with Crippen LogP contribution in [0.4, 0.5) is 21.6 Å². The maximum absolute atomic E-state index is 14.6. The molecule has 1 aliphatic heterocycles. The van der Waals surface area contributed by atoms with E-state index >= 15 is 0 Å². The summed E-state index contributed by atoms with van der Waals surface area (Å²) in [5, 5.41) is 16.4. The van der Waals surface area contributed by atoms with Crippen molar-refractivity contribution in [1.82, 2.24) is 20.5 Å². The summed E-state index contributed by atoms with van der Waals surface area (Å²) in [6.45, 7) is 1.87. The Hall–Kier alpha value is -4.41. The minimum atomic E-state index is -0.577. The zero-order valence-corrected chi connectivity index (χ0v) is 20.2. The molecule has 184 valence electrons. The van der Waals surface area contributed by atoms with Crippen LogP contribution in [0.25, 0.3) is 21.3 Å². The molecule has 5 aromatic rings. The molecule has 0 radical (unpaired) electrons. The van der Waals surface area contributed by atoms with Crippen molar-refractivity contribution in [2.24, 2.45) is 0 Å². The summed E-state index contributed by atoms with van der Waals surface area (Å²) in [4.78, 5) is 30.1. The monoisotopic (exact) mass is 512 g/mol. The minimum Gasteiger partial charge on any atom is -0.336 e. The number of fused-ring (bicyclic) bond motifs is 1. The van der Waals surface area contributed by atoms with Gasteiger partial charge in [0.2, 0.25) is 0 Å². The van der Waals surface area contributed by atoms with Crippen molar-refractivity contribution in [1.29, 1.82) is 0 Å². The van der Waals surface area contributed by atoms with E-state index in [0.29, 0.717) is 27.9 Å². The molecule has 4 heterocycles. The second kappa shape index (κ2) is 9.57. The largest absolute Gasteiger partial charge is 0.336 e. The van der Waals surface area contributed by atoms with Crippen molar-refractivity contribution >= 4 is 44.5 Å². The molecule has 10 heteroatoms. The lowest BCUT2D eigenvalue weighted by Crippen LogP contribution is -2.39. The quantitative estimate of drug-likeness (QED) is 0.258. The van der Waals surface area contributed by atoms with Gasteiger partial charge in [0.25, 0.3) is 11.5 Å². The first kappa shape index (κ1) is 23.0. The summed E-state index contributed by atoms with van der Waals surface area (Å²) >= 11 is 1.34. The normalized spacial score (nSPS) is 13.3. The van der Waals surface area contributed by atoms with Crippen LogP contribution in [-0.4, -0.2) is 34.2 Å². The fourth-order valence-corrected chi connectivity index (χ4v) is 5.05. The molecule has 0 aliphatic carbocycles. The molecule has 4 N–H and O–H groups in total. The van der Waals surface area contributed by atoms with Gasteiger partial charge < -0.3 is 16.0 Å². The van der Waals surface area contributed by atoms with E-state index in [1.165, 1.54) is 29.5 Å². The number of carbonyl (C=O) groups is 1. The molecule has 1 saturated heterocycles. The third-order valence-corrected chi connectivity index (χ3v) is 7.38. The number of H-pyrrole nitrogens is 1. The molecule has 37 heavy (non-hydrogen) atoms. The molecule has 0 saturated carbocycles. The molecule has 1 aliphatic rings. The Labute approximate surface area is 214 Å². The number of carbonyl (C=O) groups excluding carboxylic acids is 1. The van der Waals surface area contributed by atoms with Gasteiger partial charge in [0, 0.05) is 35.5 Å². The highest BCUT2D eigenvalue weighted by molar-refractivity contribution is 7.20. The number of nitrogens with one attached hydrogen (secondary N) is 4. The van der Waals surface area contributed by atoms with Crippen LogP contribution in [0.15, 0.2) is 77.7 Å². The highest BCUT2D eigenvalue weighted by Gasteiger charge is 2.19. The highest BCUT2D eigenvalue weighted by Crippen LogP contribution is 2.28. The van der Waals surface area contributed by atoms with Crippen molar-refractivity contribution in [2.75, 3.05) is 23.7 Å². The van der Waals surface area contributed by atoms with Gasteiger partial charge in [-0.2, -0.15) is 5.10 Å². The van der Waals surface area contributed by atoms with Crippen molar-refractivity contribution in [3.05, 3.63) is 99.5 Å². The van der Waals surface area contributed by atoms with Gasteiger partial charge in [-0.3, -0.25) is 9.59 Å². The summed E-state index contributed by atoms with van der Waals surface area (Å²) in [6, 6.07) is 19.1. The number of aromatic nitrogens is 3. The highest BCUT2D eigenvalue weighted by atomic mass is 32.1. The lowest BCUT2D eigenvalue weighted by atomic mass is 9.95. The van der Waals surface area contributed by atoms with Crippen LogP contribution in [0.1, 0.15) is 21.2 Å². The average molecular weight is 513 g/mol. The number of thiophene rings is 1. The van der Waals surface area contributed by atoms with Gasteiger partial charge in [0.1, 0.15) is 17.3 Å². The van der Waals surface area contributed by atoms with Gasteiger partial charge in [-0.15, -0.1) is 11.3 Å². The van der Waals surface area contributed by atoms with E-state index in [-0.39, 0.29) is 11.4 Å². The molecule has 0 spiro atoms. The number of halogens is 1. The van der Waals surface area contributed by atoms with Crippen molar-refractivity contribution in [3.63, 3.8) is 0 Å². The van der Waals surface area contributed by atoms with Crippen LogP contribution in [0.3, 0.4) is 0 Å². The molecule has 8 nitrogen and oxygen atoms in total. The molecule has 0 unspecified atom stereocenters. The van der Waals surface area contributed by atoms with Gasteiger partial charge in [0.05, 0.1) is 16.3 Å². The first-order valence-electron chi connectivity index (χ1n) is 11.7. The molecule has 6 rings (SSSR count). The summed E-state index contributed by atoms with van der Waals surface area (Å²) in [7, 11) is 0. The number of rotatable bonds is 6. The summed E-state index contributed by atoms with van der Waals surface area (Å²) in [6.07, 6.45) is 1.80. The number of pyridine rings is 1. The molecule has 0 atom stereocenters. The molecule has 3 aromatic heterocycles.